The predicted octanol–water partition coefficient (Wildman–Crippen LogP) is 12.4. The minimum atomic E-state index is -1.97. The van der Waals surface area contributed by atoms with Crippen LogP contribution in [0.1, 0.15) is 134 Å². The van der Waals surface area contributed by atoms with E-state index in [9.17, 15) is 9.90 Å². The van der Waals surface area contributed by atoms with Gasteiger partial charge in [0.1, 0.15) is 26.6 Å². The molecule has 0 bridgehead atoms. The molecule has 66 heavy (non-hydrogen) atoms. The molecule has 2 aliphatic heterocycles. The van der Waals surface area contributed by atoms with Gasteiger partial charge in [-0.1, -0.05) is 62.7 Å². The number of H-pyrrole nitrogens is 2. The van der Waals surface area contributed by atoms with Gasteiger partial charge in [-0.25, -0.2) is 24.7 Å². The lowest BCUT2D eigenvalue weighted by Crippen LogP contribution is -2.55. The van der Waals surface area contributed by atoms with Gasteiger partial charge in [0.2, 0.25) is 0 Å². The fourth-order valence-corrected chi connectivity index (χ4v) is 12.6. The van der Waals surface area contributed by atoms with Crippen molar-refractivity contribution in [1.29, 1.82) is 0 Å². The van der Waals surface area contributed by atoms with E-state index in [0.29, 0.717) is 52.5 Å². The van der Waals surface area contributed by atoms with Crippen molar-refractivity contribution < 1.29 is 23.8 Å². The van der Waals surface area contributed by atoms with E-state index in [4.69, 9.17) is 52.1 Å². The molecule has 13 nitrogen and oxygen atoms in total. The highest BCUT2D eigenvalue weighted by Crippen LogP contribution is 2.46. The molecule has 0 radical (unpaired) electrons. The van der Waals surface area contributed by atoms with E-state index >= 15 is 0 Å². The van der Waals surface area contributed by atoms with Crippen molar-refractivity contribution in [2.75, 3.05) is 24.6 Å². The summed E-state index contributed by atoms with van der Waals surface area (Å²) in [4.78, 5) is 41.7. The quantitative estimate of drug-likeness (QED) is 0.0906. The van der Waals surface area contributed by atoms with Crippen molar-refractivity contribution in [3.8, 4) is 0 Å². The Kier molecular flexibility index (Phi) is 14.3. The van der Waals surface area contributed by atoms with Gasteiger partial charge in [-0.2, -0.15) is 0 Å². The number of aryl methyl sites for hydroxylation is 2. The van der Waals surface area contributed by atoms with E-state index in [1.165, 1.54) is 41.4 Å². The Balaban J connectivity index is 0.000000308. The van der Waals surface area contributed by atoms with E-state index < -0.39 is 20.0 Å². The van der Waals surface area contributed by atoms with Gasteiger partial charge in [-0.05, 0) is 137 Å². The Bertz CT molecular complexity index is 2610. The highest BCUT2D eigenvalue weighted by Gasteiger charge is 2.51. The van der Waals surface area contributed by atoms with Crippen LogP contribution in [-0.4, -0.2) is 86.9 Å². The van der Waals surface area contributed by atoms with Crippen LogP contribution in [0.3, 0.4) is 0 Å². The van der Waals surface area contributed by atoms with Crippen LogP contribution < -0.4 is 10.2 Å². The first-order valence-corrected chi connectivity index (χ1v) is 28.6. The van der Waals surface area contributed by atoms with Crippen molar-refractivity contribution in [2.45, 2.75) is 171 Å². The molecule has 1 spiro atoms. The fraction of sp³-hybridized carbons (Fsp3) is 0.604. The number of anilines is 1. The molecule has 2 unspecified atom stereocenters. The molecular weight excluding hydrogens is 980 g/mol. The average molecular weight is 1050 g/mol. The number of piperidine rings is 1. The third-order valence-corrected chi connectivity index (χ3v) is 21.3. The Labute approximate surface area is 412 Å². The van der Waals surface area contributed by atoms with Gasteiger partial charge in [0, 0.05) is 35.5 Å². The molecule has 4 aliphatic rings. The van der Waals surface area contributed by atoms with Crippen molar-refractivity contribution in [1.82, 2.24) is 35.2 Å². The van der Waals surface area contributed by atoms with E-state index in [0.717, 1.165) is 75.7 Å². The number of rotatable bonds is 7. The second-order valence-electron chi connectivity index (χ2n) is 21.1. The van der Waals surface area contributed by atoms with E-state index in [1.807, 2.05) is 39.8 Å². The first-order valence-electron chi connectivity index (χ1n) is 23.3. The van der Waals surface area contributed by atoms with Crippen molar-refractivity contribution in [3.63, 3.8) is 0 Å². The standard InChI is InChI=1S/C36H53ClN6O5SSi.C12H12BrClN2/c1-21-30(42-33(45)47-34(2,3)4)36(20-46-21)13-15-43(16-14-36)32-24(19-44)39-27(18-38-32)49-26-17-23-28(41-31(26)37)22-11-10-12-25(29(22)40-23)48-50(8,9)35(5,6)7;1-6-3-2-4-7-10(6)15-9-5-8(13)12(14)16-11(7)9/h17-18,21,25,30,40,44H,10-16,19-20H2,1-9H3,(H,42,45);5-6,15H,2-4H2,1H3/t21-,25?,30+;/m0./s1. The SMILES string of the molecule is CC1CCCc2c1[nH]c1cc(Br)c(Cl)nc21.C[C@@H]1OCC2(CCN(c3ncc(Sc4cc5[nH]c6c(c5nc4Cl)CCCC6O[Si](C)(C)C(C)(C)C)nc3CO)CC2)[C@@H]1NC(=O)OC(C)(C)C. The third-order valence-electron chi connectivity index (χ3n) is 14.3. The van der Waals surface area contributed by atoms with Gasteiger partial charge in [0.25, 0.3) is 0 Å². The number of ether oxygens (including phenoxy) is 2. The zero-order valence-electron chi connectivity index (χ0n) is 39.9. The summed E-state index contributed by atoms with van der Waals surface area (Å²) in [6.45, 7) is 23.0. The molecule has 9 rings (SSSR count). The molecule has 2 fully saturated rings. The Hall–Kier alpha value is -2.96. The van der Waals surface area contributed by atoms with Crippen LogP contribution in [0.25, 0.3) is 22.1 Å². The minimum Gasteiger partial charge on any atom is -0.444 e. The normalized spacial score (nSPS) is 22.0. The first-order chi connectivity index (χ1) is 31.1. The topological polar surface area (TPSA) is 163 Å². The summed E-state index contributed by atoms with van der Waals surface area (Å²) < 4.78 is 19.3. The summed E-state index contributed by atoms with van der Waals surface area (Å²) in [5.74, 6) is 1.27. The van der Waals surface area contributed by atoms with Crippen LogP contribution in [0, 0.1) is 5.41 Å². The highest BCUT2D eigenvalue weighted by atomic mass is 79.9. The second-order valence-corrected chi connectivity index (χ2v) is 28.5. The summed E-state index contributed by atoms with van der Waals surface area (Å²) >= 11 is 17.7. The lowest BCUT2D eigenvalue weighted by molar-refractivity contribution is 0.0434. The number of halogens is 3. The maximum absolute atomic E-state index is 12.7. The van der Waals surface area contributed by atoms with Crippen LogP contribution in [0.5, 0.6) is 0 Å². The molecular formula is C48H65BrCl2N8O5SSi. The van der Waals surface area contributed by atoms with Crippen LogP contribution in [-0.2, 0) is 33.3 Å². The predicted molar refractivity (Wildman–Crippen MR) is 270 cm³/mol. The van der Waals surface area contributed by atoms with E-state index in [-0.39, 0.29) is 35.3 Å². The number of aliphatic hydroxyl groups is 1. The molecule has 0 saturated carbocycles. The van der Waals surface area contributed by atoms with Gasteiger partial charge >= 0.3 is 6.09 Å². The fourth-order valence-electron chi connectivity index (χ4n) is 9.79. The number of pyridine rings is 2. The summed E-state index contributed by atoms with van der Waals surface area (Å²) in [7, 11) is -1.97. The highest BCUT2D eigenvalue weighted by molar-refractivity contribution is 9.10. The maximum Gasteiger partial charge on any atom is 0.407 e. The van der Waals surface area contributed by atoms with Crippen molar-refractivity contribution in [3.05, 3.63) is 61.3 Å². The van der Waals surface area contributed by atoms with Crippen LogP contribution in [0.4, 0.5) is 10.6 Å². The Morgan fingerprint density at radius 2 is 1.62 bits per heavy atom. The number of amides is 1. The number of alkyl carbamates (subject to hydrolysis) is 1. The van der Waals surface area contributed by atoms with Gasteiger partial charge in [-0.15, -0.1) is 0 Å². The lowest BCUT2D eigenvalue weighted by Gasteiger charge is -2.43. The van der Waals surface area contributed by atoms with E-state index in [1.54, 1.807) is 6.20 Å². The maximum atomic E-state index is 12.7. The molecule has 5 aromatic rings. The van der Waals surface area contributed by atoms with Crippen LogP contribution in [0.2, 0.25) is 28.4 Å². The molecule has 0 aromatic carbocycles. The molecule has 2 aliphatic carbocycles. The Morgan fingerprint density at radius 3 is 2.29 bits per heavy atom. The van der Waals surface area contributed by atoms with E-state index in [2.05, 4.69) is 81.9 Å². The largest absolute Gasteiger partial charge is 0.444 e. The smallest absolute Gasteiger partial charge is 0.407 e. The molecule has 7 heterocycles. The number of hydrogen-bond acceptors (Lipinski definition) is 11. The number of nitrogens with zero attached hydrogens (tertiary/aromatic N) is 5. The summed E-state index contributed by atoms with van der Waals surface area (Å²) in [6.07, 6.45) is 9.41. The number of carbonyl (C=O) groups is 1. The number of carbonyl (C=O) groups excluding carboxylic acids is 1. The number of aromatic nitrogens is 6. The molecule has 358 valence electrons. The van der Waals surface area contributed by atoms with Crippen molar-refractivity contribution in [2.24, 2.45) is 5.41 Å². The van der Waals surface area contributed by atoms with Gasteiger partial charge in [0.15, 0.2) is 14.1 Å². The van der Waals surface area contributed by atoms with Crippen LogP contribution in [0.15, 0.2) is 32.7 Å². The number of nitrogens with one attached hydrogen (secondary N) is 3. The zero-order chi connectivity index (χ0) is 47.5. The Morgan fingerprint density at radius 1 is 0.985 bits per heavy atom. The number of aromatic amines is 2. The molecule has 18 heteroatoms. The monoisotopic (exact) mass is 1040 g/mol. The summed E-state index contributed by atoms with van der Waals surface area (Å²) in [6, 6.07) is 3.91. The minimum absolute atomic E-state index is 0.0237. The molecule has 1 amide bonds. The first kappa shape index (κ1) is 49.5. The molecule has 5 aromatic heterocycles. The summed E-state index contributed by atoms with van der Waals surface area (Å²) in [5, 5.41) is 15.2. The third kappa shape index (κ3) is 10.2. The molecule has 4 N–H and O–H groups in total. The molecule has 4 atom stereocenters. The van der Waals surface area contributed by atoms with Gasteiger partial charge in [0.05, 0.1) is 69.1 Å². The number of fused-ring (bicyclic) bond motifs is 6. The van der Waals surface area contributed by atoms with Gasteiger partial charge < -0.3 is 39.2 Å². The van der Waals surface area contributed by atoms with Crippen LogP contribution >= 0.6 is 50.9 Å². The zero-order valence-corrected chi connectivity index (χ0v) is 44.8. The van der Waals surface area contributed by atoms with Crippen molar-refractivity contribution >= 4 is 93.2 Å². The molecule has 2 saturated heterocycles. The number of aliphatic hydroxyl groups excluding tert-OH is 1. The second kappa shape index (κ2) is 19.1. The summed E-state index contributed by atoms with van der Waals surface area (Å²) in [5.41, 5.74) is 8.76. The average Bonchev–Trinajstić information content (AvgIpc) is 3.89. The lowest BCUT2D eigenvalue weighted by atomic mass is 9.73. The van der Waals surface area contributed by atoms with Gasteiger partial charge in [-0.3, -0.25) is 0 Å². The number of hydrogen-bond donors (Lipinski definition) is 4.